The number of aliphatic carboxylic acids is 1. The zero-order valence-corrected chi connectivity index (χ0v) is 7.41. The zero-order chi connectivity index (χ0) is 9.35. The molecule has 0 aromatic rings. The van der Waals surface area contributed by atoms with Gasteiger partial charge in [-0.3, -0.25) is 4.79 Å². The van der Waals surface area contributed by atoms with Gasteiger partial charge in [0.05, 0.1) is 5.92 Å². The highest BCUT2D eigenvalue weighted by molar-refractivity contribution is 5.72. The van der Waals surface area contributed by atoms with Gasteiger partial charge in [0.25, 0.3) is 0 Å². The van der Waals surface area contributed by atoms with E-state index in [1.807, 2.05) is 13.8 Å². The molecule has 0 amide bonds. The lowest BCUT2D eigenvalue weighted by Gasteiger charge is -2.49. The van der Waals surface area contributed by atoms with E-state index in [4.69, 9.17) is 5.11 Å². The first-order valence-corrected chi connectivity index (χ1v) is 4.16. The van der Waals surface area contributed by atoms with Gasteiger partial charge in [-0.1, -0.05) is 13.8 Å². The fourth-order valence-corrected chi connectivity index (χ4v) is 1.95. The van der Waals surface area contributed by atoms with E-state index in [0.29, 0.717) is 12.8 Å². The predicted octanol–water partition coefficient (Wildman–Crippen LogP) is 1.32. The molecular formula is C9H14O3. The second kappa shape index (κ2) is 2.88. The van der Waals surface area contributed by atoms with Crippen LogP contribution in [0.25, 0.3) is 0 Å². The van der Waals surface area contributed by atoms with E-state index in [1.165, 1.54) is 0 Å². The number of carbonyl (C=O) groups is 2. The van der Waals surface area contributed by atoms with Gasteiger partial charge in [0.1, 0.15) is 6.29 Å². The van der Waals surface area contributed by atoms with E-state index in [-0.39, 0.29) is 17.3 Å². The monoisotopic (exact) mass is 170 g/mol. The highest BCUT2D eigenvalue weighted by Gasteiger charge is 2.51. The first kappa shape index (κ1) is 9.23. The van der Waals surface area contributed by atoms with Gasteiger partial charge in [-0.15, -0.1) is 0 Å². The van der Waals surface area contributed by atoms with Crippen molar-refractivity contribution in [1.29, 1.82) is 0 Å². The van der Waals surface area contributed by atoms with Crippen molar-refractivity contribution < 1.29 is 14.7 Å². The van der Waals surface area contributed by atoms with Crippen LogP contribution in [0.15, 0.2) is 0 Å². The number of hydrogen-bond donors (Lipinski definition) is 1. The summed E-state index contributed by atoms with van der Waals surface area (Å²) in [4.78, 5) is 20.9. The molecular weight excluding hydrogens is 156 g/mol. The first-order chi connectivity index (χ1) is 5.50. The summed E-state index contributed by atoms with van der Waals surface area (Å²) in [6, 6.07) is 0. The van der Waals surface area contributed by atoms with Crippen LogP contribution in [0.5, 0.6) is 0 Å². The van der Waals surface area contributed by atoms with E-state index >= 15 is 0 Å². The predicted molar refractivity (Wildman–Crippen MR) is 43.7 cm³/mol. The van der Waals surface area contributed by atoms with Crippen molar-refractivity contribution in [2.45, 2.75) is 26.7 Å². The number of rotatable bonds is 3. The van der Waals surface area contributed by atoms with Crippen LogP contribution in [-0.2, 0) is 9.59 Å². The van der Waals surface area contributed by atoms with Crippen LogP contribution in [0, 0.1) is 17.3 Å². The molecule has 1 fully saturated rings. The Kier molecular flexibility index (Phi) is 2.22. The Labute approximate surface area is 71.8 Å². The fraction of sp³-hybridized carbons (Fsp3) is 0.778. The second-order valence-corrected chi connectivity index (χ2v) is 4.05. The number of carbonyl (C=O) groups excluding carboxylic acids is 1. The normalized spacial score (nSPS) is 32.2. The van der Waals surface area contributed by atoms with Crippen molar-refractivity contribution >= 4 is 12.3 Å². The Hall–Kier alpha value is -0.860. The summed E-state index contributed by atoms with van der Waals surface area (Å²) in [5.74, 6) is -0.735. The van der Waals surface area contributed by atoms with Gasteiger partial charge in [-0.25, -0.2) is 0 Å². The number of carboxylic acid groups (broad SMARTS) is 1. The van der Waals surface area contributed by atoms with Crippen molar-refractivity contribution in [2.24, 2.45) is 17.3 Å². The minimum Gasteiger partial charge on any atom is -0.481 e. The molecule has 0 heterocycles. The van der Waals surface area contributed by atoms with E-state index in [0.717, 1.165) is 6.29 Å². The Bertz CT molecular complexity index is 208. The Morgan fingerprint density at radius 1 is 1.67 bits per heavy atom. The van der Waals surface area contributed by atoms with Crippen LogP contribution in [0.4, 0.5) is 0 Å². The molecule has 0 aliphatic heterocycles. The van der Waals surface area contributed by atoms with Gasteiger partial charge in [-0.05, 0) is 17.8 Å². The highest BCUT2D eigenvalue weighted by atomic mass is 16.4. The number of aldehydes is 1. The molecule has 0 saturated heterocycles. The molecule has 0 radical (unpaired) electrons. The standard InChI is InChI=1S/C9H14O3/c1-9(2)6(3-4-10)5-7(9)8(11)12/h4,6-7H,3,5H2,1-2H3,(H,11,12)/t6-,7-/m1/s1. The van der Waals surface area contributed by atoms with Gasteiger partial charge >= 0.3 is 5.97 Å². The number of carboxylic acids is 1. The zero-order valence-electron chi connectivity index (χ0n) is 7.41. The van der Waals surface area contributed by atoms with Crippen molar-refractivity contribution in [2.75, 3.05) is 0 Å². The molecule has 68 valence electrons. The molecule has 3 heteroatoms. The van der Waals surface area contributed by atoms with Crippen LogP contribution in [0.1, 0.15) is 26.7 Å². The third-order valence-electron chi connectivity index (χ3n) is 3.15. The maximum absolute atomic E-state index is 10.7. The van der Waals surface area contributed by atoms with Gasteiger partial charge in [0, 0.05) is 6.42 Å². The molecule has 1 N–H and O–H groups in total. The molecule has 3 nitrogen and oxygen atoms in total. The largest absolute Gasteiger partial charge is 0.481 e. The smallest absolute Gasteiger partial charge is 0.307 e. The lowest BCUT2D eigenvalue weighted by molar-refractivity contribution is -0.159. The number of hydrogen-bond acceptors (Lipinski definition) is 2. The van der Waals surface area contributed by atoms with E-state index < -0.39 is 5.97 Å². The third-order valence-corrected chi connectivity index (χ3v) is 3.15. The van der Waals surface area contributed by atoms with Crippen LogP contribution >= 0.6 is 0 Å². The molecule has 0 unspecified atom stereocenters. The molecule has 0 aromatic heterocycles. The second-order valence-electron chi connectivity index (χ2n) is 4.05. The van der Waals surface area contributed by atoms with E-state index in [1.54, 1.807) is 0 Å². The van der Waals surface area contributed by atoms with E-state index in [2.05, 4.69) is 0 Å². The Morgan fingerprint density at radius 3 is 2.58 bits per heavy atom. The van der Waals surface area contributed by atoms with Crippen LogP contribution in [-0.4, -0.2) is 17.4 Å². The molecule has 0 bridgehead atoms. The molecule has 1 aliphatic carbocycles. The molecule has 0 spiro atoms. The maximum atomic E-state index is 10.7. The Balaban J connectivity index is 2.59. The summed E-state index contributed by atoms with van der Waals surface area (Å²) >= 11 is 0. The summed E-state index contributed by atoms with van der Waals surface area (Å²) in [6.45, 7) is 3.84. The molecule has 1 rings (SSSR count). The van der Waals surface area contributed by atoms with Gasteiger partial charge in [0.2, 0.25) is 0 Å². The van der Waals surface area contributed by atoms with Crippen LogP contribution in [0.3, 0.4) is 0 Å². The summed E-state index contributed by atoms with van der Waals surface area (Å²) in [5, 5.41) is 8.77. The van der Waals surface area contributed by atoms with Crippen molar-refractivity contribution in [3.8, 4) is 0 Å². The fourth-order valence-electron chi connectivity index (χ4n) is 1.95. The van der Waals surface area contributed by atoms with Crippen molar-refractivity contribution in [1.82, 2.24) is 0 Å². The topological polar surface area (TPSA) is 54.4 Å². The van der Waals surface area contributed by atoms with E-state index in [9.17, 15) is 9.59 Å². The molecule has 1 saturated carbocycles. The average molecular weight is 170 g/mol. The summed E-state index contributed by atoms with van der Waals surface area (Å²) in [5.41, 5.74) is -0.202. The van der Waals surface area contributed by atoms with Crippen LogP contribution < -0.4 is 0 Å². The van der Waals surface area contributed by atoms with Crippen molar-refractivity contribution in [3.05, 3.63) is 0 Å². The summed E-state index contributed by atoms with van der Waals surface area (Å²) in [6.07, 6.45) is 2.03. The lowest BCUT2D eigenvalue weighted by atomic mass is 9.54. The molecule has 12 heavy (non-hydrogen) atoms. The highest BCUT2D eigenvalue weighted by Crippen LogP contribution is 2.52. The minimum atomic E-state index is -0.734. The third kappa shape index (κ3) is 1.24. The average Bonchev–Trinajstić information content (AvgIpc) is 1.96. The summed E-state index contributed by atoms with van der Waals surface area (Å²) in [7, 11) is 0. The van der Waals surface area contributed by atoms with Crippen LogP contribution in [0.2, 0.25) is 0 Å². The Morgan fingerprint density at radius 2 is 2.25 bits per heavy atom. The first-order valence-electron chi connectivity index (χ1n) is 4.16. The van der Waals surface area contributed by atoms with Gasteiger partial charge in [0.15, 0.2) is 0 Å². The van der Waals surface area contributed by atoms with Gasteiger partial charge < -0.3 is 9.90 Å². The molecule has 1 aliphatic rings. The molecule has 0 aromatic carbocycles. The quantitative estimate of drug-likeness (QED) is 0.650. The minimum absolute atomic E-state index is 0.202. The molecule has 2 atom stereocenters. The van der Waals surface area contributed by atoms with Gasteiger partial charge in [-0.2, -0.15) is 0 Å². The lowest BCUT2D eigenvalue weighted by Crippen LogP contribution is -2.48. The summed E-state index contributed by atoms with van der Waals surface area (Å²) < 4.78 is 0. The SMILES string of the molecule is CC1(C)[C@H](CC=O)C[C@@H]1C(=O)O. The van der Waals surface area contributed by atoms with Crippen molar-refractivity contribution in [3.63, 3.8) is 0 Å². The maximum Gasteiger partial charge on any atom is 0.307 e.